The zero-order valence-electron chi connectivity index (χ0n) is 16.9. The number of guanidine groups is 1. The monoisotopic (exact) mass is 397 g/mol. The fourth-order valence-corrected chi connectivity index (χ4v) is 3.60. The van der Waals surface area contributed by atoms with E-state index in [0.29, 0.717) is 6.54 Å². The molecule has 3 aromatic rings. The Morgan fingerprint density at radius 1 is 1.14 bits per heavy atom. The second-order valence-electron chi connectivity index (χ2n) is 6.60. The Balaban J connectivity index is 1.58. The van der Waals surface area contributed by atoms with Crippen LogP contribution in [-0.2, 0) is 13.0 Å². The molecule has 0 spiro atoms. The van der Waals surface area contributed by atoms with Crippen LogP contribution in [0, 0.1) is 20.8 Å². The molecule has 3 rings (SSSR count). The van der Waals surface area contributed by atoms with Gasteiger partial charge in [0.2, 0.25) is 0 Å². The van der Waals surface area contributed by atoms with Gasteiger partial charge < -0.3 is 10.6 Å². The molecule has 0 bridgehead atoms. The number of aliphatic imine (C=N–C) groups is 1. The van der Waals surface area contributed by atoms with Crippen molar-refractivity contribution in [3.8, 4) is 5.82 Å². The van der Waals surface area contributed by atoms with E-state index in [1.54, 1.807) is 11.3 Å². The van der Waals surface area contributed by atoms with Crippen molar-refractivity contribution in [2.45, 2.75) is 40.7 Å². The van der Waals surface area contributed by atoms with E-state index in [1.165, 1.54) is 4.88 Å². The quantitative estimate of drug-likeness (QED) is 0.473. The maximum absolute atomic E-state index is 4.66. The third-order valence-electron chi connectivity index (χ3n) is 4.10. The maximum atomic E-state index is 4.66. The normalized spacial score (nSPS) is 11.6. The topological polar surface area (TPSA) is 80.0 Å². The van der Waals surface area contributed by atoms with Gasteiger partial charge in [-0.15, -0.1) is 11.3 Å². The molecule has 0 aliphatic carbocycles. The van der Waals surface area contributed by atoms with Gasteiger partial charge in [-0.2, -0.15) is 5.10 Å². The average Bonchev–Trinajstić information content (AvgIpc) is 3.24. The molecular formula is C20H27N7S. The first-order valence-corrected chi connectivity index (χ1v) is 10.3. The Labute approximate surface area is 170 Å². The number of hydrogen-bond acceptors (Lipinski definition) is 5. The smallest absolute Gasteiger partial charge is 0.191 e. The van der Waals surface area contributed by atoms with Gasteiger partial charge in [-0.3, -0.25) is 0 Å². The Morgan fingerprint density at radius 2 is 2.00 bits per heavy atom. The number of aryl methyl sites for hydroxylation is 3. The Hall–Kier alpha value is -2.74. The number of aromatic nitrogens is 4. The molecule has 3 heterocycles. The zero-order valence-corrected chi connectivity index (χ0v) is 17.7. The van der Waals surface area contributed by atoms with Crippen LogP contribution in [0.4, 0.5) is 0 Å². The summed E-state index contributed by atoms with van der Waals surface area (Å²) in [6.07, 6.45) is 4.67. The fraction of sp³-hybridized carbons (Fsp3) is 0.400. The molecule has 2 N–H and O–H groups in total. The number of nitrogens with zero attached hydrogens (tertiary/aromatic N) is 5. The summed E-state index contributed by atoms with van der Waals surface area (Å²) in [5.41, 5.74) is 3.12. The maximum Gasteiger partial charge on any atom is 0.191 e. The van der Waals surface area contributed by atoms with Gasteiger partial charge >= 0.3 is 0 Å². The van der Waals surface area contributed by atoms with Gasteiger partial charge in [0, 0.05) is 42.5 Å². The van der Waals surface area contributed by atoms with Crippen molar-refractivity contribution in [1.29, 1.82) is 0 Å². The van der Waals surface area contributed by atoms with Gasteiger partial charge in [0.05, 0.1) is 17.2 Å². The van der Waals surface area contributed by atoms with Gasteiger partial charge in [-0.1, -0.05) is 6.07 Å². The summed E-state index contributed by atoms with van der Waals surface area (Å²) in [5.74, 6) is 1.63. The highest BCUT2D eigenvalue weighted by Crippen LogP contribution is 2.12. The molecule has 0 radical (unpaired) electrons. The largest absolute Gasteiger partial charge is 0.357 e. The van der Waals surface area contributed by atoms with Crippen LogP contribution in [0.1, 0.15) is 33.8 Å². The molecule has 148 valence electrons. The number of rotatable bonds is 7. The Bertz CT molecular complexity index is 924. The molecular weight excluding hydrogens is 370 g/mol. The SMILES string of the molecule is CCNC(=NCc1ccc(-n2nc(C)cc2C)nc1)NCCc1ncc(C)s1. The van der Waals surface area contributed by atoms with E-state index in [4.69, 9.17) is 0 Å². The summed E-state index contributed by atoms with van der Waals surface area (Å²) in [5, 5.41) is 12.3. The number of pyridine rings is 1. The molecule has 0 fully saturated rings. The molecule has 0 saturated heterocycles. The van der Waals surface area contributed by atoms with Crippen LogP contribution in [0.2, 0.25) is 0 Å². The highest BCUT2D eigenvalue weighted by atomic mass is 32.1. The van der Waals surface area contributed by atoms with Crippen molar-refractivity contribution in [2.75, 3.05) is 13.1 Å². The first-order chi connectivity index (χ1) is 13.5. The standard InChI is InChI=1S/C20H27N7S/c1-5-21-20(22-9-8-19-24-11-16(4)28-19)25-13-17-6-7-18(23-12-17)27-15(3)10-14(2)26-27/h6-7,10-12H,5,8-9,13H2,1-4H3,(H2,21,22,25). The molecule has 0 saturated carbocycles. The summed E-state index contributed by atoms with van der Waals surface area (Å²) in [6, 6.07) is 6.07. The van der Waals surface area contributed by atoms with Crippen LogP contribution in [0.3, 0.4) is 0 Å². The lowest BCUT2D eigenvalue weighted by Gasteiger charge is -2.10. The van der Waals surface area contributed by atoms with Gasteiger partial charge in [0.25, 0.3) is 0 Å². The van der Waals surface area contributed by atoms with Gasteiger partial charge in [0.1, 0.15) is 0 Å². The number of thiazole rings is 1. The van der Waals surface area contributed by atoms with Crippen LogP contribution in [0.15, 0.2) is 35.6 Å². The molecule has 28 heavy (non-hydrogen) atoms. The summed E-state index contributed by atoms with van der Waals surface area (Å²) < 4.78 is 1.86. The lowest BCUT2D eigenvalue weighted by molar-refractivity contribution is 0.792. The summed E-state index contributed by atoms with van der Waals surface area (Å²) >= 11 is 1.74. The van der Waals surface area contributed by atoms with Crippen molar-refractivity contribution < 1.29 is 0 Å². The average molecular weight is 398 g/mol. The minimum Gasteiger partial charge on any atom is -0.357 e. The Kier molecular flexibility index (Phi) is 6.76. The van der Waals surface area contributed by atoms with E-state index >= 15 is 0 Å². The second kappa shape index (κ2) is 9.45. The van der Waals surface area contributed by atoms with E-state index in [0.717, 1.165) is 53.2 Å². The highest BCUT2D eigenvalue weighted by molar-refractivity contribution is 7.11. The van der Waals surface area contributed by atoms with Crippen molar-refractivity contribution in [3.63, 3.8) is 0 Å². The molecule has 7 nitrogen and oxygen atoms in total. The van der Waals surface area contributed by atoms with Crippen LogP contribution < -0.4 is 10.6 Å². The third-order valence-corrected chi connectivity index (χ3v) is 5.07. The fourth-order valence-electron chi connectivity index (χ4n) is 2.81. The van der Waals surface area contributed by atoms with Gasteiger partial charge in [-0.05, 0) is 45.4 Å². The lowest BCUT2D eigenvalue weighted by Crippen LogP contribution is -2.38. The predicted octanol–water partition coefficient (Wildman–Crippen LogP) is 2.95. The predicted molar refractivity (Wildman–Crippen MR) is 114 cm³/mol. The zero-order chi connectivity index (χ0) is 19.9. The molecule has 0 atom stereocenters. The molecule has 0 amide bonds. The van der Waals surface area contributed by atoms with Crippen molar-refractivity contribution in [2.24, 2.45) is 4.99 Å². The van der Waals surface area contributed by atoms with Gasteiger partial charge in [-0.25, -0.2) is 19.6 Å². The Morgan fingerprint density at radius 3 is 2.61 bits per heavy atom. The van der Waals surface area contributed by atoms with E-state index in [9.17, 15) is 0 Å². The van der Waals surface area contributed by atoms with Gasteiger partial charge in [0.15, 0.2) is 11.8 Å². The van der Waals surface area contributed by atoms with Crippen LogP contribution >= 0.6 is 11.3 Å². The van der Waals surface area contributed by atoms with E-state index in [2.05, 4.69) is 44.5 Å². The summed E-state index contributed by atoms with van der Waals surface area (Å²) in [4.78, 5) is 14.8. The first-order valence-electron chi connectivity index (χ1n) is 9.47. The second-order valence-corrected chi connectivity index (χ2v) is 7.92. The molecule has 0 aliphatic heterocycles. The van der Waals surface area contributed by atoms with E-state index in [1.807, 2.05) is 49.1 Å². The third kappa shape index (κ3) is 5.39. The minimum atomic E-state index is 0.566. The molecule has 8 heteroatoms. The van der Waals surface area contributed by atoms with E-state index in [-0.39, 0.29) is 0 Å². The van der Waals surface area contributed by atoms with Crippen molar-refractivity contribution >= 4 is 17.3 Å². The molecule has 3 aromatic heterocycles. The minimum absolute atomic E-state index is 0.566. The van der Waals surface area contributed by atoms with E-state index < -0.39 is 0 Å². The molecule has 0 aliphatic rings. The van der Waals surface area contributed by atoms with Crippen LogP contribution in [0.25, 0.3) is 5.82 Å². The van der Waals surface area contributed by atoms with Crippen LogP contribution in [-0.4, -0.2) is 38.8 Å². The summed E-state index contributed by atoms with van der Waals surface area (Å²) in [7, 11) is 0. The number of nitrogens with one attached hydrogen (secondary N) is 2. The summed E-state index contributed by atoms with van der Waals surface area (Å²) in [6.45, 7) is 10.3. The van der Waals surface area contributed by atoms with Crippen LogP contribution in [0.5, 0.6) is 0 Å². The molecule has 0 unspecified atom stereocenters. The lowest BCUT2D eigenvalue weighted by atomic mass is 10.3. The highest BCUT2D eigenvalue weighted by Gasteiger charge is 2.05. The van der Waals surface area contributed by atoms with Crippen molar-refractivity contribution in [3.05, 3.63) is 57.4 Å². The number of hydrogen-bond donors (Lipinski definition) is 2. The molecule has 0 aromatic carbocycles. The van der Waals surface area contributed by atoms with Crippen molar-refractivity contribution in [1.82, 2.24) is 30.4 Å². The first kappa shape index (κ1) is 20.0.